The second kappa shape index (κ2) is 13.0. The highest BCUT2D eigenvalue weighted by Gasteiger charge is 2.05. The van der Waals surface area contributed by atoms with Crippen molar-refractivity contribution in [2.75, 3.05) is 11.1 Å². The Labute approximate surface area is 193 Å². The number of pyridine rings is 2. The maximum Gasteiger partial charge on any atom is 0.354 e. The van der Waals surface area contributed by atoms with E-state index in [-0.39, 0.29) is 11.6 Å². The van der Waals surface area contributed by atoms with Gasteiger partial charge in [-0.15, -0.1) is 0 Å². The predicted octanol–water partition coefficient (Wildman–Crippen LogP) is 5.00. The molecule has 0 atom stereocenters. The van der Waals surface area contributed by atoms with Gasteiger partial charge >= 0.3 is 5.97 Å². The SMILES string of the molecule is Cc1ccc(N)cc1.Cc1ccc(NC(=O)c2ccccn2)cc1.O=C(O)c1ccccn1. The van der Waals surface area contributed by atoms with Gasteiger partial charge in [0.25, 0.3) is 5.91 Å². The van der Waals surface area contributed by atoms with Crippen LogP contribution in [0.15, 0.2) is 97.3 Å². The van der Waals surface area contributed by atoms with E-state index in [1.165, 1.54) is 17.8 Å². The highest BCUT2D eigenvalue weighted by Crippen LogP contribution is 2.09. The smallest absolute Gasteiger partial charge is 0.354 e. The standard InChI is InChI=1S/C13H12N2O.C7H9N.C6H5NO2/c1-10-5-7-11(8-6-10)15-13(16)12-4-2-3-9-14-12;1-6-2-4-7(8)5-3-6;8-6(9)5-3-1-2-4-7-5/h2-9H,1H3,(H,15,16);2-5H,8H2,1H3;1-4H,(H,8,9). The summed E-state index contributed by atoms with van der Waals surface area (Å²) in [5, 5.41) is 11.1. The van der Waals surface area contributed by atoms with Gasteiger partial charge < -0.3 is 16.2 Å². The molecule has 0 aliphatic rings. The lowest BCUT2D eigenvalue weighted by atomic mass is 10.2. The first-order chi connectivity index (χ1) is 15.8. The van der Waals surface area contributed by atoms with Crippen molar-refractivity contribution in [3.05, 3.63) is 120 Å². The van der Waals surface area contributed by atoms with Crippen molar-refractivity contribution in [3.8, 4) is 0 Å². The van der Waals surface area contributed by atoms with E-state index in [2.05, 4.69) is 15.3 Å². The summed E-state index contributed by atoms with van der Waals surface area (Å²) in [7, 11) is 0. The third kappa shape index (κ3) is 9.44. The van der Waals surface area contributed by atoms with E-state index in [1.807, 2.05) is 62.4 Å². The number of benzene rings is 2. The topological polar surface area (TPSA) is 118 Å². The van der Waals surface area contributed by atoms with Gasteiger partial charge in [-0.25, -0.2) is 9.78 Å². The summed E-state index contributed by atoms with van der Waals surface area (Å²) < 4.78 is 0. The number of carbonyl (C=O) groups excluding carboxylic acids is 1. The van der Waals surface area contributed by atoms with Gasteiger partial charge in [-0.05, 0) is 62.4 Å². The minimum absolute atomic E-state index is 0.0810. The zero-order valence-electron chi connectivity index (χ0n) is 18.5. The fourth-order valence-electron chi connectivity index (χ4n) is 2.38. The van der Waals surface area contributed by atoms with Crippen molar-refractivity contribution in [3.63, 3.8) is 0 Å². The van der Waals surface area contributed by atoms with Gasteiger partial charge in [0.2, 0.25) is 0 Å². The molecular weight excluding hydrogens is 416 g/mol. The van der Waals surface area contributed by atoms with Crippen molar-refractivity contribution in [1.82, 2.24) is 9.97 Å². The molecule has 4 aromatic rings. The Morgan fingerprint density at radius 3 is 1.61 bits per heavy atom. The normalized spacial score (nSPS) is 9.39. The average molecular weight is 443 g/mol. The van der Waals surface area contributed by atoms with Crippen LogP contribution in [0.3, 0.4) is 0 Å². The number of nitrogens with one attached hydrogen (secondary N) is 1. The van der Waals surface area contributed by atoms with Crippen LogP contribution in [0.2, 0.25) is 0 Å². The number of aromatic carboxylic acids is 1. The molecular formula is C26H26N4O3. The van der Waals surface area contributed by atoms with Crippen LogP contribution in [0.5, 0.6) is 0 Å². The van der Waals surface area contributed by atoms with Crippen LogP contribution >= 0.6 is 0 Å². The summed E-state index contributed by atoms with van der Waals surface area (Å²) in [6.07, 6.45) is 3.05. The number of nitrogen functional groups attached to an aromatic ring is 1. The Balaban J connectivity index is 0.000000192. The number of rotatable bonds is 3. The molecule has 0 bridgehead atoms. The fraction of sp³-hybridized carbons (Fsp3) is 0.0769. The molecule has 4 N–H and O–H groups in total. The molecule has 2 aromatic heterocycles. The number of hydrogen-bond acceptors (Lipinski definition) is 5. The summed E-state index contributed by atoms with van der Waals surface area (Å²) in [4.78, 5) is 29.4. The van der Waals surface area contributed by atoms with Crippen LogP contribution in [0, 0.1) is 13.8 Å². The number of carbonyl (C=O) groups is 2. The van der Waals surface area contributed by atoms with E-state index < -0.39 is 5.97 Å². The minimum atomic E-state index is -0.990. The molecule has 0 radical (unpaired) electrons. The van der Waals surface area contributed by atoms with E-state index >= 15 is 0 Å². The average Bonchev–Trinajstić information content (AvgIpc) is 2.84. The van der Waals surface area contributed by atoms with Gasteiger partial charge in [-0.3, -0.25) is 9.78 Å². The number of carboxylic acid groups (broad SMARTS) is 1. The summed E-state index contributed by atoms with van der Waals surface area (Å²) in [5.41, 5.74) is 9.95. The quantitative estimate of drug-likeness (QED) is 0.384. The van der Waals surface area contributed by atoms with Gasteiger partial charge in [0.1, 0.15) is 11.4 Å². The molecule has 7 nitrogen and oxygen atoms in total. The van der Waals surface area contributed by atoms with E-state index in [0.29, 0.717) is 5.69 Å². The van der Waals surface area contributed by atoms with Crippen molar-refractivity contribution in [1.29, 1.82) is 0 Å². The van der Waals surface area contributed by atoms with Gasteiger partial charge in [-0.1, -0.05) is 47.5 Å². The van der Waals surface area contributed by atoms with Crippen LogP contribution in [0.25, 0.3) is 0 Å². The molecule has 0 spiro atoms. The number of aromatic nitrogens is 2. The molecule has 0 saturated carbocycles. The van der Waals surface area contributed by atoms with Crippen LogP contribution in [-0.2, 0) is 0 Å². The van der Waals surface area contributed by atoms with Gasteiger partial charge in [0.05, 0.1) is 0 Å². The largest absolute Gasteiger partial charge is 0.477 e. The Hall–Kier alpha value is -4.52. The lowest BCUT2D eigenvalue weighted by Crippen LogP contribution is -2.13. The third-order valence-electron chi connectivity index (χ3n) is 4.17. The maximum absolute atomic E-state index is 11.7. The highest BCUT2D eigenvalue weighted by molar-refractivity contribution is 6.02. The molecule has 0 aliphatic carbocycles. The van der Waals surface area contributed by atoms with Crippen LogP contribution in [-0.4, -0.2) is 27.0 Å². The molecule has 33 heavy (non-hydrogen) atoms. The van der Waals surface area contributed by atoms with Gasteiger partial charge in [-0.2, -0.15) is 0 Å². The molecule has 4 rings (SSSR count). The molecule has 0 unspecified atom stereocenters. The lowest BCUT2D eigenvalue weighted by Gasteiger charge is -2.04. The van der Waals surface area contributed by atoms with Crippen molar-refractivity contribution < 1.29 is 14.7 Å². The Morgan fingerprint density at radius 1 is 0.727 bits per heavy atom. The van der Waals surface area contributed by atoms with Crippen molar-refractivity contribution in [2.45, 2.75) is 13.8 Å². The number of nitrogens with two attached hydrogens (primary N) is 1. The van der Waals surface area contributed by atoms with Gasteiger partial charge in [0.15, 0.2) is 0 Å². The lowest BCUT2D eigenvalue weighted by molar-refractivity contribution is 0.0690. The summed E-state index contributed by atoms with van der Waals surface area (Å²) in [6.45, 7) is 4.05. The monoisotopic (exact) mass is 442 g/mol. The molecule has 168 valence electrons. The molecule has 2 aromatic carbocycles. The molecule has 0 aliphatic heterocycles. The maximum atomic E-state index is 11.7. The van der Waals surface area contributed by atoms with Crippen LogP contribution < -0.4 is 11.1 Å². The number of hydrogen-bond donors (Lipinski definition) is 3. The van der Waals surface area contributed by atoms with E-state index in [1.54, 1.807) is 36.5 Å². The summed E-state index contributed by atoms with van der Waals surface area (Å²) in [5.74, 6) is -1.18. The minimum Gasteiger partial charge on any atom is -0.477 e. The van der Waals surface area contributed by atoms with Crippen LogP contribution in [0.1, 0.15) is 32.1 Å². The van der Waals surface area contributed by atoms with Crippen molar-refractivity contribution >= 4 is 23.3 Å². The summed E-state index contributed by atoms with van der Waals surface area (Å²) in [6, 6.07) is 25.4. The third-order valence-corrected chi connectivity index (χ3v) is 4.17. The predicted molar refractivity (Wildman–Crippen MR) is 130 cm³/mol. The Bertz CT molecular complexity index is 1110. The summed E-state index contributed by atoms with van der Waals surface area (Å²) >= 11 is 0. The first kappa shape index (κ1) is 24.7. The molecule has 0 saturated heterocycles. The zero-order chi connectivity index (χ0) is 24.1. The second-order valence-corrected chi connectivity index (χ2v) is 6.97. The van der Waals surface area contributed by atoms with E-state index in [9.17, 15) is 9.59 Å². The Kier molecular flexibility index (Phi) is 9.76. The molecule has 1 amide bonds. The Morgan fingerprint density at radius 2 is 1.21 bits per heavy atom. The van der Waals surface area contributed by atoms with E-state index in [4.69, 9.17) is 10.8 Å². The number of anilines is 2. The molecule has 7 heteroatoms. The van der Waals surface area contributed by atoms with Gasteiger partial charge in [0, 0.05) is 23.8 Å². The number of carboxylic acids is 1. The van der Waals surface area contributed by atoms with E-state index in [0.717, 1.165) is 16.9 Å². The van der Waals surface area contributed by atoms with Crippen LogP contribution in [0.4, 0.5) is 11.4 Å². The second-order valence-electron chi connectivity index (χ2n) is 6.97. The number of nitrogens with zero attached hydrogens (tertiary/aromatic N) is 2. The highest BCUT2D eigenvalue weighted by atomic mass is 16.4. The molecule has 0 fully saturated rings. The zero-order valence-corrected chi connectivity index (χ0v) is 18.5. The van der Waals surface area contributed by atoms with Crippen molar-refractivity contribution in [2.24, 2.45) is 0 Å². The first-order valence-corrected chi connectivity index (χ1v) is 10.1. The number of amides is 1. The molecule has 2 heterocycles. The first-order valence-electron chi connectivity index (χ1n) is 10.1. The number of aryl methyl sites for hydroxylation is 2. The fourth-order valence-corrected chi connectivity index (χ4v) is 2.38.